The standard InChI is InChI=1S/C21H22ClFN4O/c22-18-12-17(23)5-3-16(18)13-24-21(28)15-4-6-20-19(11-15)25-14-27(20)10-9-26-7-1-2-8-26/h3-6,11-12,14H,1-2,7-10,13H2,(H,24,28). The van der Waals surface area contributed by atoms with Crippen LogP contribution in [0.2, 0.25) is 5.02 Å². The van der Waals surface area contributed by atoms with Crippen LogP contribution < -0.4 is 5.32 Å². The molecular formula is C21H22ClFN4O. The van der Waals surface area contributed by atoms with Crippen molar-refractivity contribution in [1.29, 1.82) is 0 Å². The van der Waals surface area contributed by atoms with E-state index in [1.54, 1.807) is 18.2 Å². The van der Waals surface area contributed by atoms with Crippen molar-refractivity contribution in [1.82, 2.24) is 19.8 Å². The minimum atomic E-state index is -0.397. The van der Waals surface area contributed by atoms with Gasteiger partial charge in [-0.3, -0.25) is 4.79 Å². The number of nitrogens with one attached hydrogen (secondary N) is 1. The van der Waals surface area contributed by atoms with Crippen LogP contribution in [-0.2, 0) is 13.1 Å². The Morgan fingerprint density at radius 3 is 2.75 bits per heavy atom. The Labute approximate surface area is 168 Å². The van der Waals surface area contributed by atoms with Crippen molar-refractivity contribution in [3.8, 4) is 0 Å². The topological polar surface area (TPSA) is 50.2 Å². The zero-order valence-corrected chi connectivity index (χ0v) is 16.3. The lowest BCUT2D eigenvalue weighted by atomic mass is 10.1. The lowest BCUT2D eigenvalue weighted by Crippen LogP contribution is -2.24. The summed E-state index contributed by atoms with van der Waals surface area (Å²) in [6.45, 7) is 4.50. The van der Waals surface area contributed by atoms with Gasteiger partial charge in [0.15, 0.2) is 0 Å². The molecule has 1 saturated heterocycles. The fourth-order valence-corrected chi connectivity index (χ4v) is 3.82. The van der Waals surface area contributed by atoms with Crippen molar-refractivity contribution in [2.24, 2.45) is 0 Å². The molecule has 1 fully saturated rings. The number of rotatable bonds is 6. The first-order valence-corrected chi connectivity index (χ1v) is 9.87. The molecule has 1 aliphatic rings. The van der Waals surface area contributed by atoms with Gasteiger partial charge in [0.1, 0.15) is 5.82 Å². The maximum atomic E-state index is 13.1. The van der Waals surface area contributed by atoms with Gasteiger partial charge in [-0.2, -0.15) is 0 Å². The van der Waals surface area contributed by atoms with Gasteiger partial charge in [0.25, 0.3) is 5.91 Å². The van der Waals surface area contributed by atoms with Gasteiger partial charge in [-0.25, -0.2) is 9.37 Å². The van der Waals surface area contributed by atoms with E-state index in [2.05, 4.69) is 19.8 Å². The lowest BCUT2D eigenvalue weighted by Gasteiger charge is -2.15. The normalized spacial score (nSPS) is 14.6. The molecule has 2 aromatic carbocycles. The molecule has 1 aliphatic heterocycles. The molecule has 0 saturated carbocycles. The SMILES string of the molecule is O=C(NCc1ccc(F)cc1Cl)c1ccc2c(c1)ncn2CCN1CCCC1. The number of fused-ring (bicyclic) bond motifs is 1. The van der Waals surface area contributed by atoms with Crippen molar-refractivity contribution in [2.45, 2.75) is 25.9 Å². The summed E-state index contributed by atoms with van der Waals surface area (Å²) in [5.74, 6) is -0.611. The number of nitrogens with zero attached hydrogens (tertiary/aromatic N) is 3. The van der Waals surface area contributed by atoms with E-state index in [-0.39, 0.29) is 12.5 Å². The van der Waals surface area contributed by atoms with Gasteiger partial charge in [-0.15, -0.1) is 0 Å². The van der Waals surface area contributed by atoms with Crippen LogP contribution >= 0.6 is 11.6 Å². The molecule has 4 rings (SSSR count). The minimum Gasteiger partial charge on any atom is -0.348 e. The van der Waals surface area contributed by atoms with Crippen LogP contribution in [0.25, 0.3) is 11.0 Å². The Balaban J connectivity index is 1.41. The first-order valence-electron chi connectivity index (χ1n) is 9.49. The summed E-state index contributed by atoms with van der Waals surface area (Å²) in [5, 5.41) is 3.12. The molecule has 28 heavy (non-hydrogen) atoms. The van der Waals surface area contributed by atoms with Crippen LogP contribution in [-0.4, -0.2) is 40.0 Å². The summed E-state index contributed by atoms with van der Waals surface area (Å²) in [6.07, 6.45) is 4.40. The van der Waals surface area contributed by atoms with Gasteiger partial charge >= 0.3 is 0 Å². The Bertz CT molecular complexity index is 997. The summed E-state index contributed by atoms with van der Waals surface area (Å²) in [4.78, 5) is 19.4. The molecule has 0 bridgehead atoms. The van der Waals surface area contributed by atoms with Crippen molar-refractivity contribution in [2.75, 3.05) is 19.6 Å². The van der Waals surface area contributed by atoms with Gasteiger partial charge in [0.2, 0.25) is 0 Å². The van der Waals surface area contributed by atoms with Gasteiger partial charge in [0.05, 0.1) is 17.4 Å². The van der Waals surface area contributed by atoms with E-state index >= 15 is 0 Å². The fourth-order valence-electron chi connectivity index (χ4n) is 3.58. The second-order valence-corrected chi connectivity index (χ2v) is 7.52. The number of likely N-dealkylation sites (tertiary alicyclic amines) is 1. The van der Waals surface area contributed by atoms with E-state index in [1.807, 2.05) is 12.4 Å². The fraction of sp³-hybridized carbons (Fsp3) is 0.333. The number of benzene rings is 2. The van der Waals surface area contributed by atoms with Crippen LogP contribution in [0.5, 0.6) is 0 Å². The summed E-state index contributed by atoms with van der Waals surface area (Å²) in [6, 6.07) is 9.68. The monoisotopic (exact) mass is 400 g/mol. The minimum absolute atomic E-state index is 0.214. The maximum absolute atomic E-state index is 13.1. The van der Waals surface area contributed by atoms with Crippen LogP contribution in [0.15, 0.2) is 42.7 Å². The third-order valence-corrected chi connectivity index (χ3v) is 5.55. The molecule has 146 valence electrons. The molecule has 1 aromatic heterocycles. The second-order valence-electron chi connectivity index (χ2n) is 7.11. The zero-order valence-electron chi connectivity index (χ0n) is 15.5. The predicted octanol–water partition coefficient (Wildman–Crippen LogP) is 3.85. The average Bonchev–Trinajstić information content (AvgIpc) is 3.34. The van der Waals surface area contributed by atoms with Crippen molar-refractivity contribution >= 4 is 28.5 Å². The van der Waals surface area contributed by atoms with Crippen LogP contribution in [0, 0.1) is 5.82 Å². The quantitative estimate of drug-likeness (QED) is 0.683. The molecule has 5 nitrogen and oxygen atoms in total. The Hall–Kier alpha value is -2.44. The van der Waals surface area contributed by atoms with Crippen molar-refractivity contribution in [3.63, 3.8) is 0 Å². The zero-order chi connectivity index (χ0) is 19.5. The van der Waals surface area contributed by atoms with Crippen molar-refractivity contribution in [3.05, 3.63) is 64.7 Å². The number of hydrogen-bond donors (Lipinski definition) is 1. The highest BCUT2D eigenvalue weighted by Crippen LogP contribution is 2.18. The smallest absolute Gasteiger partial charge is 0.251 e. The molecule has 7 heteroatoms. The first-order chi connectivity index (χ1) is 13.6. The average molecular weight is 401 g/mol. The number of hydrogen-bond acceptors (Lipinski definition) is 3. The highest BCUT2D eigenvalue weighted by atomic mass is 35.5. The van der Waals surface area contributed by atoms with Gasteiger partial charge in [-0.1, -0.05) is 17.7 Å². The molecule has 0 atom stereocenters. The number of carbonyl (C=O) groups is 1. The molecule has 1 N–H and O–H groups in total. The van der Waals surface area contributed by atoms with Crippen LogP contribution in [0.4, 0.5) is 4.39 Å². The van der Waals surface area contributed by atoms with Gasteiger partial charge in [-0.05, 0) is 61.8 Å². The Kier molecular flexibility index (Phi) is 5.59. The third kappa shape index (κ3) is 4.18. The number of amides is 1. The van der Waals surface area contributed by atoms with Crippen molar-refractivity contribution < 1.29 is 9.18 Å². The first kappa shape index (κ1) is 18.9. The molecule has 0 aliphatic carbocycles. The molecular weight excluding hydrogens is 379 g/mol. The highest BCUT2D eigenvalue weighted by Gasteiger charge is 2.13. The van der Waals surface area contributed by atoms with E-state index in [0.717, 1.165) is 24.1 Å². The van der Waals surface area contributed by atoms with E-state index in [1.165, 1.54) is 38.1 Å². The summed E-state index contributed by atoms with van der Waals surface area (Å²) < 4.78 is 15.3. The lowest BCUT2D eigenvalue weighted by molar-refractivity contribution is 0.0951. The number of imidazole rings is 1. The predicted molar refractivity (Wildman–Crippen MR) is 108 cm³/mol. The molecule has 0 unspecified atom stereocenters. The summed E-state index contributed by atoms with van der Waals surface area (Å²) >= 11 is 6.01. The van der Waals surface area contributed by atoms with E-state index in [0.29, 0.717) is 16.1 Å². The number of halogens is 2. The summed E-state index contributed by atoms with van der Waals surface area (Å²) in [5.41, 5.74) is 3.03. The third-order valence-electron chi connectivity index (χ3n) is 5.19. The van der Waals surface area contributed by atoms with E-state index in [4.69, 9.17) is 11.6 Å². The highest BCUT2D eigenvalue weighted by molar-refractivity contribution is 6.31. The van der Waals surface area contributed by atoms with Crippen LogP contribution in [0.3, 0.4) is 0 Å². The molecule has 1 amide bonds. The van der Waals surface area contributed by atoms with Gasteiger partial charge in [0, 0.05) is 30.2 Å². The maximum Gasteiger partial charge on any atom is 0.251 e. The summed E-state index contributed by atoms with van der Waals surface area (Å²) in [7, 11) is 0. The number of aromatic nitrogens is 2. The Morgan fingerprint density at radius 2 is 1.96 bits per heavy atom. The molecule has 3 aromatic rings. The molecule has 0 radical (unpaired) electrons. The Morgan fingerprint density at radius 1 is 1.14 bits per heavy atom. The molecule has 2 heterocycles. The van der Waals surface area contributed by atoms with Gasteiger partial charge < -0.3 is 14.8 Å². The van der Waals surface area contributed by atoms with E-state index in [9.17, 15) is 9.18 Å². The largest absolute Gasteiger partial charge is 0.348 e. The van der Waals surface area contributed by atoms with Crippen LogP contribution in [0.1, 0.15) is 28.8 Å². The molecule has 0 spiro atoms. The second kappa shape index (κ2) is 8.29. The number of carbonyl (C=O) groups excluding carboxylic acids is 1. The van der Waals surface area contributed by atoms with E-state index < -0.39 is 5.82 Å².